The summed E-state index contributed by atoms with van der Waals surface area (Å²) in [5.74, 6) is -8.45. The molecule has 29 heteroatoms. The van der Waals surface area contributed by atoms with Crippen molar-refractivity contribution in [2.24, 2.45) is 79.7 Å². The number of fused-ring (bicyclic) bond motifs is 1. The molecule has 29 nitrogen and oxygen atoms in total. The average molecular weight is 1270 g/mol. The molecule has 24 N–H and O–H groups in total. The van der Waals surface area contributed by atoms with Gasteiger partial charge in [-0.1, -0.05) is 87.4 Å². The van der Waals surface area contributed by atoms with Gasteiger partial charge in [-0.05, 0) is 118 Å². The summed E-state index contributed by atoms with van der Waals surface area (Å²) in [5.41, 5.74) is 41.1. The lowest BCUT2D eigenvalue weighted by molar-refractivity contribution is -0.136. The van der Waals surface area contributed by atoms with Crippen LogP contribution in [-0.2, 0) is 54.4 Å². The van der Waals surface area contributed by atoms with Gasteiger partial charge in [0.2, 0.25) is 59.1 Å². The highest BCUT2D eigenvalue weighted by atomic mass is 16.2. The molecule has 90 heavy (non-hydrogen) atoms. The van der Waals surface area contributed by atoms with Gasteiger partial charge >= 0.3 is 0 Å². The van der Waals surface area contributed by atoms with Gasteiger partial charge in [0.1, 0.15) is 54.4 Å². The van der Waals surface area contributed by atoms with Crippen LogP contribution in [0, 0.1) is 29.6 Å². The van der Waals surface area contributed by atoms with Crippen molar-refractivity contribution in [1.82, 2.24) is 52.8 Å². The van der Waals surface area contributed by atoms with Crippen LogP contribution in [0.2, 0.25) is 0 Å². The van der Waals surface area contributed by atoms with Crippen LogP contribution in [0.1, 0.15) is 152 Å². The van der Waals surface area contributed by atoms with Gasteiger partial charge in [-0.3, -0.25) is 57.9 Å². The monoisotopic (exact) mass is 1270 g/mol. The second-order valence-corrected chi connectivity index (χ2v) is 25.0. The zero-order chi connectivity index (χ0) is 67.8. The summed E-state index contributed by atoms with van der Waals surface area (Å²) in [6.07, 6.45) is 3.62. The Bertz CT molecular complexity index is 2700. The van der Waals surface area contributed by atoms with Crippen LogP contribution in [-0.4, -0.2) is 157 Å². The third-order valence-electron chi connectivity index (χ3n) is 14.5. The van der Waals surface area contributed by atoms with Crippen molar-refractivity contribution in [3.8, 4) is 0 Å². The Labute approximate surface area is 529 Å². The van der Waals surface area contributed by atoms with Crippen LogP contribution in [0.15, 0.2) is 40.4 Å². The number of nitrogens with zero attached hydrogens (tertiary/aromatic N) is 2. The lowest BCUT2D eigenvalue weighted by atomic mass is 9.97. The minimum atomic E-state index is -1.35. The highest BCUT2D eigenvalue weighted by Gasteiger charge is 2.37. The first-order valence-electron chi connectivity index (χ1n) is 31.4. The summed E-state index contributed by atoms with van der Waals surface area (Å²) in [6, 6.07) is -3.54. The number of carbonyl (C=O) groups excluding carboxylic acids is 10. The van der Waals surface area contributed by atoms with Crippen molar-refractivity contribution >= 4 is 81.9 Å². The smallest absolute Gasteiger partial charge is 0.243 e. The van der Waals surface area contributed by atoms with E-state index in [-0.39, 0.29) is 132 Å². The number of aromatic nitrogens is 1. The Hall–Kier alpha value is -8.08. The number of unbranched alkanes of at least 4 members (excludes halogenated alkanes) is 1. The van der Waals surface area contributed by atoms with Crippen LogP contribution in [0.5, 0.6) is 0 Å². The van der Waals surface area contributed by atoms with Crippen molar-refractivity contribution in [3.63, 3.8) is 0 Å². The van der Waals surface area contributed by atoms with Gasteiger partial charge in [0.25, 0.3) is 0 Å². The van der Waals surface area contributed by atoms with Crippen LogP contribution >= 0.6 is 0 Å². The van der Waals surface area contributed by atoms with E-state index in [1.54, 1.807) is 20.0 Å². The fourth-order valence-electron chi connectivity index (χ4n) is 9.94. The number of H-pyrrole nitrogens is 1. The molecule has 0 aliphatic heterocycles. The van der Waals surface area contributed by atoms with E-state index in [9.17, 15) is 47.9 Å². The Morgan fingerprint density at radius 2 is 0.800 bits per heavy atom. The van der Waals surface area contributed by atoms with Gasteiger partial charge in [0.15, 0.2) is 11.9 Å². The van der Waals surface area contributed by atoms with Gasteiger partial charge in [-0.15, -0.1) is 0 Å². The van der Waals surface area contributed by atoms with Crippen molar-refractivity contribution in [2.75, 3.05) is 26.2 Å². The first kappa shape index (κ1) is 78.0. The molecule has 0 spiro atoms. The number of nitrogens with one attached hydrogen (secondary N) is 10. The minimum Gasteiger partial charge on any atom is -0.370 e. The number of hydrogen-bond donors (Lipinski definition) is 17. The number of aliphatic imine (C=N–C) groups is 2. The number of para-hydroxylation sites is 1. The highest BCUT2D eigenvalue weighted by molar-refractivity contribution is 5.99. The molecule has 0 saturated heterocycles. The van der Waals surface area contributed by atoms with Crippen LogP contribution in [0.3, 0.4) is 0 Å². The van der Waals surface area contributed by atoms with Crippen molar-refractivity contribution in [2.45, 2.75) is 207 Å². The molecule has 0 aliphatic rings. The molecule has 0 bridgehead atoms. The number of benzene rings is 1. The lowest BCUT2D eigenvalue weighted by Crippen LogP contribution is -2.61. The first-order chi connectivity index (χ1) is 42.4. The highest BCUT2D eigenvalue weighted by Crippen LogP contribution is 2.20. The maximum Gasteiger partial charge on any atom is 0.243 e. The molecule has 1 heterocycles. The summed E-state index contributed by atoms with van der Waals surface area (Å²) in [7, 11) is 0. The van der Waals surface area contributed by atoms with Crippen LogP contribution < -0.4 is 88.0 Å². The van der Waals surface area contributed by atoms with Gasteiger partial charge in [0.05, 0.1) is 0 Å². The first-order valence-corrected chi connectivity index (χ1v) is 31.4. The summed E-state index contributed by atoms with van der Waals surface area (Å²) in [5, 5.41) is 25.7. The molecule has 506 valence electrons. The van der Waals surface area contributed by atoms with E-state index < -0.39 is 119 Å². The zero-order valence-corrected chi connectivity index (χ0v) is 54.5. The fourth-order valence-corrected chi connectivity index (χ4v) is 9.94. The van der Waals surface area contributed by atoms with Gasteiger partial charge in [-0.2, -0.15) is 0 Å². The minimum absolute atomic E-state index is 0.00235. The summed E-state index contributed by atoms with van der Waals surface area (Å²) in [4.78, 5) is 151. The number of carbonyl (C=O) groups is 10. The second-order valence-electron chi connectivity index (χ2n) is 25.0. The Kier molecular flexibility index (Phi) is 35.1. The van der Waals surface area contributed by atoms with Gasteiger partial charge in [0, 0.05) is 49.6 Å². The Morgan fingerprint density at radius 3 is 1.19 bits per heavy atom. The number of nitrogens with two attached hydrogens (primary N) is 7. The fraction of sp³-hybridized carbons (Fsp3) is 0.672. The summed E-state index contributed by atoms with van der Waals surface area (Å²) >= 11 is 0. The molecule has 1 aromatic heterocycles. The number of guanidine groups is 2. The maximum atomic E-state index is 14.6. The predicted molar refractivity (Wildman–Crippen MR) is 348 cm³/mol. The molecule has 0 fully saturated rings. The van der Waals surface area contributed by atoms with E-state index in [4.69, 9.17) is 40.1 Å². The van der Waals surface area contributed by atoms with Gasteiger partial charge in [-0.25, -0.2) is 0 Å². The summed E-state index contributed by atoms with van der Waals surface area (Å²) in [6.45, 7) is 18.7. The van der Waals surface area contributed by atoms with E-state index >= 15 is 0 Å². The van der Waals surface area contributed by atoms with E-state index in [1.807, 2.05) is 79.7 Å². The number of hydrogen-bond acceptors (Lipinski definition) is 14. The van der Waals surface area contributed by atoms with Crippen LogP contribution in [0.25, 0.3) is 10.9 Å². The molecule has 2 rings (SSSR count). The SMILES string of the molecule is CC(C)C[C@H](NC(=O)CCN)C(=O)N[C@@H](CC(C)C)C(=O)N[C@@H](CC(C)C)C(=O)N[C@@H](CC(C)C)C(=O)N[C@@H](CCCN=C(N)N)C(=O)N[C@H](C(=O)N[C@@H](CCCCN)C(=O)N[C@@H](CCCN=C(N)N)C(=O)N[C@@H](Cc1c[nH]c2ccccc12)C(N)=O)C(C)C. The lowest BCUT2D eigenvalue weighted by Gasteiger charge is -2.30. The molecule has 0 radical (unpaired) electrons. The predicted octanol–water partition coefficient (Wildman–Crippen LogP) is -1.02. The number of amides is 10. The van der Waals surface area contributed by atoms with Crippen LogP contribution in [0.4, 0.5) is 0 Å². The number of primary amides is 1. The molecule has 0 saturated carbocycles. The van der Waals surface area contributed by atoms with Crippen molar-refractivity contribution in [3.05, 3.63) is 36.0 Å². The van der Waals surface area contributed by atoms with Crippen molar-refractivity contribution < 1.29 is 47.9 Å². The van der Waals surface area contributed by atoms with E-state index in [0.29, 0.717) is 18.4 Å². The third kappa shape index (κ3) is 29.5. The molecular formula is C61H107N19O10. The third-order valence-corrected chi connectivity index (χ3v) is 14.5. The van der Waals surface area contributed by atoms with E-state index in [2.05, 4.69) is 62.8 Å². The summed E-state index contributed by atoms with van der Waals surface area (Å²) < 4.78 is 0. The standard InChI is InChI=1S/C61H107N19O10/c1-33(2)27-45(72-49(81)22-24-63)55(86)77-47(29-35(5)6)57(88)79-48(30-36(7)8)58(89)78-46(28-34(3)4)56(87)74-43(21-16-26-70-61(67)68)54(85)80-50(37(9)10)59(90)75-41(19-13-14-23-62)52(83)73-42(20-15-25-69-60(65)66)53(84)76-44(51(64)82)31-38-32-71-40-18-12-11-17-39(38)40/h11-12,17-18,32-37,41-48,50,71H,13-16,19-31,62-63H2,1-10H3,(H2,64,82)(H,72,81)(H,73,83)(H,74,87)(H,75,90)(H,76,84)(H,77,86)(H,78,89)(H,79,88)(H,80,85)(H4,65,66,69)(H4,67,68,70)/t41-,42-,43-,44-,45-,46-,47-,48-,50-/m0/s1. The molecule has 0 unspecified atom stereocenters. The maximum absolute atomic E-state index is 14.6. The largest absolute Gasteiger partial charge is 0.370 e. The molecular weight excluding hydrogens is 1160 g/mol. The molecule has 2 aromatic rings. The second kappa shape index (κ2) is 40.5. The normalized spacial score (nSPS) is 14.4. The molecule has 1 aromatic carbocycles. The number of aromatic amines is 1. The topological polar surface area (TPSA) is 502 Å². The average Bonchev–Trinajstić information content (AvgIpc) is 1.73. The molecule has 9 atom stereocenters. The molecule has 0 aliphatic carbocycles. The Morgan fingerprint density at radius 1 is 0.433 bits per heavy atom. The van der Waals surface area contributed by atoms with Crippen molar-refractivity contribution in [1.29, 1.82) is 0 Å². The quantitative estimate of drug-likeness (QED) is 0.0215. The Balaban J connectivity index is 2.49. The van der Waals surface area contributed by atoms with E-state index in [0.717, 1.165) is 10.9 Å². The zero-order valence-electron chi connectivity index (χ0n) is 54.5. The number of rotatable bonds is 43. The molecule has 10 amide bonds. The van der Waals surface area contributed by atoms with E-state index in [1.165, 1.54) is 0 Å². The van der Waals surface area contributed by atoms with Gasteiger partial charge < -0.3 is 93.0 Å².